The van der Waals surface area contributed by atoms with E-state index in [4.69, 9.17) is 0 Å². The zero-order valence-corrected chi connectivity index (χ0v) is 13.3. The van der Waals surface area contributed by atoms with Crippen LogP contribution in [-0.2, 0) is 4.79 Å². The van der Waals surface area contributed by atoms with Crippen molar-refractivity contribution >= 4 is 17.3 Å². The maximum Gasteiger partial charge on any atom is 0.306 e. The number of rotatable bonds is 5. The fourth-order valence-corrected chi connectivity index (χ4v) is 4.91. The Bertz CT molecular complexity index is 453. The van der Waals surface area contributed by atoms with Gasteiger partial charge in [-0.3, -0.25) is 4.79 Å². The Labute approximate surface area is 130 Å². The van der Waals surface area contributed by atoms with Gasteiger partial charge < -0.3 is 10.4 Å². The number of carboxylic acid groups (broad SMARTS) is 1. The molecule has 4 heteroatoms. The fraction of sp³-hybridized carbons (Fsp3) is 0.706. The molecular formula is C17H25NO2S. The van der Waals surface area contributed by atoms with Gasteiger partial charge in [0, 0.05) is 17.0 Å². The first-order chi connectivity index (χ1) is 10.2. The minimum absolute atomic E-state index is 0.149. The normalized spacial score (nSPS) is 28.6. The molecule has 2 aliphatic rings. The van der Waals surface area contributed by atoms with Gasteiger partial charge in [0.25, 0.3) is 0 Å². The number of nitrogens with one attached hydrogen (secondary N) is 1. The van der Waals surface area contributed by atoms with E-state index >= 15 is 0 Å². The van der Waals surface area contributed by atoms with Gasteiger partial charge in [0.15, 0.2) is 0 Å². The van der Waals surface area contributed by atoms with Crippen LogP contribution in [0.25, 0.3) is 0 Å². The highest BCUT2D eigenvalue weighted by molar-refractivity contribution is 7.10. The topological polar surface area (TPSA) is 49.3 Å². The molecule has 3 rings (SSSR count). The van der Waals surface area contributed by atoms with Crippen LogP contribution in [0.3, 0.4) is 0 Å². The van der Waals surface area contributed by atoms with Crippen molar-refractivity contribution in [3.05, 3.63) is 22.4 Å². The predicted molar refractivity (Wildman–Crippen MR) is 85.5 cm³/mol. The third-order valence-corrected chi connectivity index (χ3v) is 6.12. The average molecular weight is 307 g/mol. The molecule has 1 aromatic heterocycles. The first-order valence-electron chi connectivity index (χ1n) is 8.26. The minimum atomic E-state index is -0.616. The lowest BCUT2D eigenvalue weighted by Crippen LogP contribution is -2.40. The van der Waals surface area contributed by atoms with Gasteiger partial charge in [-0.05, 0) is 49.5 Å². The second-order valence-electron chi connectivity index (χ2n) is 6.60. The molecule has 3 nitrogen and oxygen atoms in total. The molecule has 116 valence electrons. The molecule has 0 radical (unpaired) electrons. The van der Waals surface area contributed by atoms with Crippen LogP contribution in [0.4, 0.5) is 0 Å². The lowest BCUT2D eigenvalue weighted by molar-refractivity contribution is -0.143. The molecular weight excluding hydrogens is 282 g/mol. The van der Waals surface area contributed by atoms with Crippen LogP contribution in [-0.4, -0.2) is 17.1 Å². The summed E-state index contributed by atoms with van der Waals surface area (Å²) >= 11 is 1.83. The van der Waals surface area contributed by atoms with E-state index in [9.17, 15) is 9.90 Å². The summed E-state index contributed by atoms with van der Waals surface area (Å²) in [5.41, 5.74) is 0. The first kappa shape index (κ1) is 15.0. The number of thiophene rings is 1. The Hall–Kier alpha value is -0.870. The summed E-state index contributed by atoms with van der Waals surface area (Å²) in [5, 5.41) is 15.2. The minimum Gasteiger partial charge on any atom is -0.481 e. The molecule has 3 unspecified atom stereocenters. The Morgan fingerprint density at radius 1 is 1.24 bits per heavy atom. The molecule has 0 saturated heterocycles. The van der Waals surface area contributed by atoms with Crippen LogP contribution in [0.5, 0.6) is 0 Å². The number of carbonyl (C=O) groups is 1. The lowest BCUT2D eigenvalue weighted by atomic mass is 9.84. The SMILES string of the molecule is O=C(O)C1CCCC(NC(c2cccs2)C2CCCC2)C1. The summed E-state index contributed by atoms with van der Waals surface area (Å²) < 4.78 is 0. The zero-order chi connectivity index (χ0) is 14.7. The van der Waals surface area contributed by atoms with Crippen molar-refractivity contribution in [3.63, 3.8) is 0 Å². The van der Waals surface area contributed by atoms with Crippen molar-refractivity contribution in [1.82, 2.24) is 5.32 Å². The van der Waals surface area contributed by atoms with E-state index in [-0.39, 0.29) is 5.92 Å². The van der Waals surface area contributed by atoms with E-state index < -0.39 is 5.97 Å². The zero-order valence-electron chi connectivity index (χ0n) is 12.5. The molecule has 0 spiro atoms. The number of carboxylic acids is 1. The van der Waals surface area contributed by atoms with Crippen LogP contribution in [0.15, 0.2) is 17.5 Å². The van der Waals surface area contributed by atoms with Crippen LogP contribution in [0.2, 0.25) is 0 Å². The van der Waals surface area contributed by atoms with Gasteiger partial charge in [-0.25, -0.2) is 0 Å². The van der Waals surface area contributed by atoms with E-state index in [0.29, 0.717) is 12.1 Å². The van der Waals surface area contributed by atoms with Crippen molar-refractivity contribution in [2.75, 3.05) is 0 Å². The van der Waals surface area contributed by atoms with E-state index in [1.807, 2.05) is 11.3 Å². The number of hydrogen-bond donors (Lipinski definition) is 2. The van der Waals surface area contributed by atoms with Gasteiger partial charge in [-0.2, -0.15) is 0 Å². The van der Waals surface area contributed by atoms with Gasteiger partial charge in [0.05, 0.1) is 5.92 Å². The van der Waals surface area contributed by atoms with Crippen LogP contribution < -0.4 is 5.32 Å². The maximum absolute atomic E-state index is 11.2. The summed E-state index contributed by atoms with van der Waals surface area (Å²) in [6.07, 6.45) is 9.11. The van der Waals surface area contributed by atoms with E-state index in [0.717, 1.165) is 31.6 Å². The van der Waals surface area contributed by atoms with Crippen molar-refractivity contribution in [2.24, 2.45) is 11.8 Å². The highest BCUT2D eigenvalue weighted by Crippen LogP contribution is 2.38. The van der Waals surface area contributed by atoms with Crippen molar-refractivity contribution < 1.29 is 9.90 Å². The third-order valence-electron chi connectivity index (χ3n) is 5.16. The van der Waals surface area contributed by atoms with Gasteiger partial charge in [-0.1, -0.05) is 25.3 Å². The maximum atomic E-state index is 11.2. The molecule has 0 amide bonds. The second-order valence-corrected chi connectivity index (χ2v) is 7.58. The van der Waals surface area contributed by atoms with E-state index in [1.165, 1.54) is 30.6 Å². The lowest BCUT2D eigenvalue weighted by Gasteiger charge is -2.33. The molecule has 2 saturated carbocycles. The average Bonchev–Trinajstić information content (AvgIpc) is 3.18. The monoisotopic (exact) mass is 307 g/mol. The van der Waals surface area contributed by atoms with Crippen molar-refractivity contribution in [2.45, 2.75) is 63.5 Å². The Balaban J connectivity index is 1.68. The van der Waals surface area contributed by atoms with Crippen LogP contribution >= 0.6 is 11.3 Å². The summed E-state index contributed by atoms with van der Waals surface area (Å²) in [7, 11) is 0. The molecule has 0 bridgehead atoms. The molecule has 21 heavy (non-hydrogen) atoms. The predicted octanol–water partition coefficient (Wildman–Crippen LogP) is 4.21. The quantitative estimate of drug-likeness (QED) is 0.856. The summed E-state index contributed by atoms with van der Waals surface area (Å²) in [4.78, 5) is 12.7. The fourth-order valence-electron chi connectivity index (χ4n) is 4.03. The second kappa shape index (κ2) is 6.93. The number of aliphatic carboxylic acids is 1. The highest BCUT2D eigenvalue weighted by Gasteiger charge is 2.32. The van der Waals surface area contributed by atoms with Crippen LogP contribution in [0, 0.1) is 11.8 Å². The molecule has 0 aliphatic heterocycles. The first-order valence-corrected chi connectivity index (χ1v) is 9.14. The highest BCUT2D eigenvalue weighted by atomic mass is 32.1. The van der Waals surface area contributed by atoms with Crippen LogP contribution in [0.1, 0.15) is 62.3 Å². The Morgan fingerprint density at radius 3 is 2.71 bits per heavy atom. The molecule has 1 heterocycles. The van der Waals surface area contributed by atoms with Gasteiger partial charge in [-0.15, -0.1) is 11.3 Å². The molecule has 2 aliphatic carbocycles. The van der Waals surface area contributed by atoms with Crippen molar-refractivity contribution in [1.29, 1.82) is 0 Å². The summed E-state index contributed by atoms with van der Waals surface area (Å²) in [6.45, 7) is 0. The van der Waals surface area contributed by atoms with Gasteiger partial charge >= 0.3 is 5.97 Å². The van der Waals surface area contributed by atoms with Crippen molar-refractivity contribution in [3.8, 4) is 0 Å². The molecule has 2 N–H and O–H groups in total. The molecule has 1 aromatic rings. The molecule has 2 fully saturated rings. The largest absolute Gasteiger partial charge is 0.481 e. The molecule has 0 aromatic carbocycles. The third kappa shape index (κ3) is 3.67. The summed E-state index contributed by atoms with van der Waals surface area (Å²) in [5.74, 6) is -0.0345. The Kier molecular flexibility index (Phi) is 4.96. The number of hydrogen-bond acceptors (Lipinski definition) is 3. The molecule has 3 atom stereocenters. The summed E-state index contributed by atoms with van der Waals surface area (Å²) in [6, 6.07) is 5.17. The Morgan fingerprint density at radius 2 is 2.05 bits per heavy atom. The van der Waals surface area contributed by atoms with E-state index in [2.05, 4.69) is 22.8 Å². The standard InChI is InChI=1S/C17H25NO2S/c19-17(20)13-7-3-8-14(11-13)18-16(12-5-1-2-6-12)15-9-4-10-21-15/h4,9-10,12-14,16,18H,1-3,5-8,11H2,(H,19,20). The van der Waals surface area contributed by atoms with E-state index in [1.54, 1.807) is 0 Å². The van der Waals surface area contributed by atoms with Gasteiger partial charge in [0.2, 0.25) is 0 Å². The smallest absolute Gasteiger partial charge is 0.306 e. The van der Waals surface area contributed by atoms with Gasteiger partial charge in [0.1, 0.15) is 0 Å².